The standard InChI is InChI=1S/C26H27F2N3O/c1-15-3-4-22(27)21(11-15)26-23(28)5-6-24(31-26)25(32)13-18-14-30-8-7-20(18)17-9-16(2)10-19(29)12-17/h3-8,11,14,16-17,19H,9-10,12-13,29H2,1-2H3/t16-,17+,19-/m0/s1. The van der Waals surface area contributed by atoms with E-state index in [1.807, 2.05) is 6.07 Å². The van der Waals surface area contributed by atoms with E-state index in [1.54, 1.807) is 25.4 Å². The van der Waals surface area contributed by atoms with E-state index in [4.69, 9.17) is 5.73 Å². The lowest BCUT2D eigenvalue weighted by atomic mass is 9.75. The highest BCUT2D eigenvalue weighted by Gasteiger charge is 2.27. The molecule has 4 nitrogen and oxygen atoms in total. The first kappa shape index (κ1) is 22.2. The zero-order valence-electron chi connectivity index (χ0n) is 18.3. The number of nitrogens with zero attached hydrogens (tertiary/aromatic N) is 2. The maximum atomic E-state index is 14.5. The summed E-state index contributed by atoms with van der Waals surface area (Å²) in [6.45, 7) is 3.99. The number of aromatic nitrogens is 2. The molecule has 1 saturated carbocycles. The van der Waals surface area contributed by atoms with Crippen LogP contribution in [-0.2, 0) is 6.42 Å². The quantitative estimate of drug-likeness (QED) is 0.546. The summed E-state index contributed by atoms with van der Waals surface area (Å²) >= 11 is 0. The number of hydrogen-bond acceptors (Lipinski definition) is 4. The number of Topliss-reactive ketones (excluding diaryl/α,β-unsaturated/α-hetero) is 1. The van der Waals surface area contributed by atoms with Crippen molar-refractivity contribution < 1.29 is 13.6 Å². The molecule has 6 heteroatoms. The van der Waals surface area contributed by atoms with E-state index in [1.165, 1.54) is 24.3 Å². The van der Waals surface area contributed by atoms with Gasteiger partial charge in [0, 0.05) is 30.4 Å². The van der Waals surface area contributed by atoms with Gasteiger partial charge in [-0.1, -0.05) is 18.6 Å². The summed E-state index contributed by atoms with van der Waals surface area (Å²) in [7, 11) is 0. The van der Waals surface area contributed by atoms with Gasteiger partial charge in [0.2, 0.25) is 0 Å². The Bertz CT molecular complexity index is 1140. The van der Waals surface area contributed by atoms with Crippen molar-refractivity contribution in [3.8, 4) is 11.3 Å². The molecule has 0 saturated heterocycles. The number of benzene rings is 1. The van der Waals surface area contributed by atoms with Gasteiger partial charge < -0.3 is 5.73 Å². The molecule has 1 aliphatic rings. The van der Waals surface area contributed by atoms with Crippen LogP contribution in [0.25, 0.3) is 11.3 Å². The first-order valence-electron chi connectivity index (χ1n) is 11.0. The highest BCUT2D eigenvalue weighted by molar-refractivity contribution is 5.96. The molecule has 0 bridgehead atoms. The topological polar surface area (TPSA) is 68.9 Å². The zero-order chi connectivity index (χ0) is 22.8. The lowest BCUT2D eigenvalue weighted by Crippen LogP contribution is -2.31. The van der Waals surface area contributed by atoms with E-state index in [0.29, 0.717) is 5.92 Å². The van der Waals surface area contributed by atoms with Crippen LogP contribution in [0.3, 0.4) is 0 Å². The second-order valence-electron chi connectivity index (χ2n) is 8.95. The van der Waals surface area contributed by atoms with Crippen LogP contribution >= 0.6 is 0 Å². The largest absolute Gasteiger partial charge is 0.328 e. The fourth-order valence-electron chi connectivity index (χ4n) is 4.76. The van der Waals surface area contributed by atoms with Gasteiger partial charge in [-0.15, -0.1) is 0 Å². The number of rotatable bonds is 5. The molecular formula is C26H27F2N3O. The number of carbonyl (C=O) groups is 1. The van der Waals surface area contributed by atoms with Crippen molar-refractivity contribution >= 4 is 5.78 Å². The van der Waals surface area contributed by atoms with E-state index in [2.05, 4.69) is 16.9 Å². The number of carbonyl (C=O) groups excluding carboxylic acids is 1. The number of ketones is 1. The molecule has 3 atom stereocenters. The summed E-state index contributed by atoms with van der Waals surface area (Å²) in [6.07, 6.45) is 6.45. The molecular weight excluding hydrogens is 408 g/mol. The van der Waals surface area contributed by atoms with E-state index in [0.717, 1.165) is 36.0 Å². The molecule has 0 radical (unpaired) electrons. The van der Waals surface area contributed by atoms with Crippen molar-refractivity contribution in [3.05, 3.63) is 82.8 Å². The van der Waals surface area contributed by atoms with Crippen molar-refractivity contribution in [1.29, 1.82) is 0 Å². The van der Waals surface area contributed by atoms with E-state index < -0.39 is 11.6 Å². The monoisotopic (exact) mass is 435 g/mol. The van der Waals surface area contributed by atoms with Gasteiger partial charge in [0.05, 0.1) is 0 Å². The van der Waals surface area contributed by atoms with Crippen molar-refractivity contribution in [2.75, 3.05) is 0 Å². The van der Waals surface area contributed by atoms with Crippen LogP contribution in [0.1, 0.15) is 59.3 Å². The predicted molar refractivity (Wildman–Crippen MR) is 120 cm³/mol. The molecule has 4 rings (SSSR count). The van der Waals surface area contributed by atoms with Crippen LogP contribution in [0.4, 0.5) is 8.78 Å². The normalized spacial score (nSPS) is 20.8. The molecule has 1 aromatic carbocycles. The van der Waals surface area contributed by atoms with E-state index in [-0.39, 0.29) is 41.1 Å². The Labute approximate surface area is 186 Å². The van der Waals surface area contributed by atoms with Crippen LogP contribution in [0.5, 0.6) is 0 Å². The molecule has 2 aromatic heterocycles. The lowest BCUT2D eigenvalue weighted by Gasteiger charge is -2.32. The van der Waals surface area contributed by atoms with E-state index in [9.17, 15) is 13.6 Å². The fraction of sp³-hybridized carbons (Fsp3) is 0.346. The number of aryl methyl sites for hydroxylation is 1. The van der Waals surface area contributed by atoms with Gasteiger partial charge in [-0.3, -0.25) is 9.78 Å². The smallest absolute Gasteiger partial charge is 0.185 e. The fourth-order valence-corrected chi connectivity index (χ4v) is 4.76. The van der Waals surface area contributed by atoms with Crippen LogP contribution < -0.4 is 5.73 Å². The molecule has 0 aliphatic heterocycles. The minimum Gasteiger partial charge on any atom is -0.328 e. The molecule has 0 unspecified atom stereocenters. The van der Waals surface area contributed by atoms with E-state index >= 15 is 0 Å². The highest BCUT2D eigenvalue weighted by atomic mass is 19.1. The number of pyridine rings is 2. The zero-order valence-corrected chi connectivity index (χ0v) is 18.3. The average molecular weight is 436 g/mol. The summed E-state index contributed by atoms with van der Waals surface area (Å²) in [5.74, 6) is -0.715. The van der Waals surface area contributed by atoms with Crippen molar-refractivity contribution in [1.82, 2.24) is 9.97 Å². The minimum absolute atomic E-state index is 0.0457. The third kappa shape index (κ3) is 4.75. The Kier molecular flexibility index (Phi) is 6.42. The second-order valence-corrected chi connectivity index (χ2v) is 8.95. The first-order valence-corrected chi connectivity index (χ1v) is 11.0. The number of halogens is 2. The maximum absolute atomic E-state index is 14.5. The molecule has 3 aromatic rings. The molecule has 0 spiro atoms. The van der Waals surface area contributed by atoms with Crippen LogP contribution in [0.15, 0.2) is 48.8 Å². The van der Waals surface area contributed by atoms with Crippen LogP contribution in [0.2, 0.25) is 0 Å². The van der Waals surface area contributed by atoms with Gasteiger partial charge in [0.25, 0.3) is 0 Å². The third-order valence-electron chi connectivity index (χ3n) is 6.22. The Morgan fingerprint density at radius 3 is 2.66 bits per heavy atom. The van der Waals surface area contributed by atoms with Gasteiger partial charge in [-0.2, -0.15) is 0 Å². The molecule has 166 valence electrons. The van der Waals surface area contributed by atoms with Gasteiger partial charge in [-0.25, -0.2) is 13.8 Å². The van der Waals surface area contributed by atoms with Gasteiger partial charge in [-0.05, 0) is 79.5 Å². The lowest BCUT2D eigenvalue weighted by molar-refractivity contribution is 0.0987. The Morgan fingerprint density at radius 1 is 1.09 bits per heavy atom. The van der Waals surface area contributed by atoms with Crippen molar-refractivity contribution in [2.45, 2.75) is 51.5 Å². The third-order valence-corrected chi connectivity index (χ3v) is 6.22. The molecule has 1 fully saturated rings. The summed E-state index contributed by atoms with van der Waals surface area (Å²) in [4.78, 5) is 21.5. The summed E-state index contributed by atoms with van der Waals surface area (Å²) in [6, 6.07) is 9.04. The molecule has 2 heterocycles. The van der Waals surface area contributed by atoms with Crippen LogP contribution in [-0.4, -0.2) is 21.8 Å². The summed E-state index contributed by atoms with van der Waals surface area (Å²) < 4.78 is 28.8. The number of hydrogen-bond donors (Lipinski definition) is 1. The summed E-state index contributed by atoms with van der Waals surface area (Å²) in [5.41, 5.74) is 8.93. The van der Waals surface area contributed by atoms with Crippen molar-refractivity contribution in [2.24, 2.45) is 11.7 Å². The van der Waals surface area contributed by atoms with Gasteiger partial charge >= 0.3 is 0 Å². The predicted octanol–water partition coefficient (Wildman–Crippen LogP) is 5.39. The number of nitrogens with two attached hydrogens (primary N) is 1. The summed E-state index contributed by atoms with van der Waals surface area (Å²) in [5, 5.41) is 0. The SMILES string of the molecule is Cc1ccc(F)c(-c2nc(C(=O)Cc3cnccc3[C@@H]3C[C@H](C)C[C@H](N)C3)ccc2F)c1. The van der Waals surface area contributed by atoms with Gasteiger partial charge in [0.15, 0.2) is 5.78 Å². The second kappa shape index (κ2) is 9.25. The highest BCUT2D eigenvalue weighted by Crippen LogP contribution is 2.37. The first-order chi connectivity index (χ1) is 15.3. The Morgan fingerprint density at radius 2 is 1.88 bits per heavy atom. The Hall–Kier alpha value is -2.99. The molecule has 1 aliphatic carbocycles. The average Bonchev–Trinajstić information content (AvgIpc) is 2.75. The van der Waals surface area contributed by atoms with Crippen LogP contribution in [0, 0.1) is 24.5 Å². The maximum Gasteiger partial charge on any atom is 0.185 e. The Balaban J connectivity index is 1.63. The minimum atomic E-state index is -0.668. The molecule has 0 amide bonds. The van der Waals surface area contributed by atoms with Crippen molar-refractivity contribution in [3.63, 3.8) is 0 Å². The molecule has 2 N–H and O–H groups in total. The van der Waals surface area contributed by atoms with Gasteiger partial charge in [0.1, 0.15) is 23.0 Å². The molecule has 32 heavy (non-hydrogen) atoms.